The second-order valence-corrected chi connectivity index (χ2v) is 9.03. The number of carbonyl (C=O) groups is 2. The maximum Gasteiger partial charge on any atom is 0.255 e. The lowest BCUT2D eigenvalue weighted by molar-refractivity contribution is -0.115. The third kappa shape index (κ3) is 4.65. The Morgan fingerprint density at radius 3 is 2.25 bits per heavy atom. The predicted molar refractivity (Wildman–Crippen MR) is 134 cm³/mol. The number of aryl methyl sites for hydroxylation is 1. The maximum absolute atomic E-state index is 12.6. The van der Waals surface area contributed by atoms with Gasteiger partial charge in [-0.05, 0) is 66.1 Å². The molecule has 3 aromatic rings. The van der Waals surface area contributed by atoms with E-state index in [1.807, 2.05) is 96.7 Å². The van der Waals surface area contributed by atoms with Gasteiger partial charge in [-0.25, -0.2) is 0 Å². The van der Waals surface area contributed by atoms with Crippen molar-refractivity contribution >= 4 is 40.6 Å². The molecule has 0 unspecified atom stereocenters. The zero-order valence-electron chi connectivity index (χ0n) is 18.5. The van der Waals surface area contributed by atoms with Crippen LogP contribution in [0.5, 0.6) is 0 Å². The van der Waals surface area contributed by atoms with E-state index in [4.69, 9.17) is 0 Å². The zero-order valence-corrected chi connectivity index (χ0v) is 19.4. The Bertz CT molecular complexity index is 1090. The zero-order chi connectivity index (χ0) is 22.7. The molecule has 0 saturated carbocycles. The van der Waals surface area contributed by atoms with Crippen LogP contribution in [-0.4, -0.2) is 31.7 Å². The number of hydrogen-bond acceptors (Lipinski definition) is 4. The van der Waals surface area contributed by atoms with Crippen LogP contribution in [0.4, 0.5) is 17.1 Å². The smallest absolute Gasteiger partial charge is 0.255 e. The Hall–Kier alpha value is -3.25. The van der Waals surface area contributed by atoms with Crippen molar-refractivity contribution in [3.8, 4) is 0 Å². The highest BCUT2D eigenvalue weighted by molar-refractivity contribution is 8.00. The van der Waals surface area contributed by atoms with E-state index < -0.39 is 0 Å². The number of thioether (sulfide) groups is 1. The van der Waals surface area contributed by atoms with Crippen LogP contribution in [0.1, 0.15) is 33.8 Å². The molecule has 1 atom stereocenters. The van der Waals surface area contributed by atoms with Crippen molar-refractivity contribution in [3.63, 3.8) is 0 Å². The molecule has 1 fully saturated rings. The third-order valence-electron chi connectivity index (χ3n) is 5.59. The molecule has 6 heteroatoms. The minimum absolute atomic E-state index is 0.0842. The summed E-state index contributed by atoms with van der Waals surface area (Å²) in [5, 5.41) is 2.87. The third-order valence-corrected chi connectivity index (χ3v) is 6.80. The number of hydrogen-bond donors (Lipinski definition) is 1. The number of nitrogens with zero attached hydrogens (tertiary/aromatic N) is 2. The van der Waals surface area contributed by atoms with Gasteiger partial charge >= 0.3 is 0 Å². The second kappa shape index (κ2) is 9.49. The summed E-state index contributed by atoms with van der Waals surface area (Å²) in [6.45, 7) is 2.09. The molecule has 32 heavy (non-hydrogen) atoms. The molecular weight excluding hydrogens is 418 g/mol. The van der Waals surface area contributed by atoms with Crippen LogP contribution >= 0.6 is 11.8 Å². The monoisotopic (exact) mass is 445 g/mol. The van der Waals surface area contributed by atoms with Crippen LogP contribution in [0.15, 0.2) is 72.8 Å². The fraction of sp³-hybridized carbons (Fsp3) is 0.231. The molecule has 1 aliphatic rings. The van der Waals surface area contributed by atoms with Crippen LogP contribution in [0, 0.1) is 0 Å². The highest BCUT2D eigenvalue weighted by Crippen LogP contribution is 2.42. The molecule has 5 nitrogen and oxygen atoms in total. The molecule has 1 heterocycles. The maximum atomic E-state index is 12.6. The molecule has 4 rings (SSSR count). The molecule has 0 spiro atoms. The Morgan fingerprint density at radius 1 is 1.00 bits per heavy atom. The van der Waals surface area contributed by atoms with E-state index in [0.29, 0.717) is 11.3 Å². The van der Waals surface area contributed by atoms with Crippen molar-refractivity contribution in [3.05, 3.63) is 89.5 Å². The van der Waals surface area contributed by atoms with Gasteiger partial charge in [0.2, 0.25) is 5.91 Å². The molecular formula is C26H27N3O2S. The van der Waals surface area contributed by atoms with Gasteiger partial charge in [-0.15, -0.1) is 11.8 Å². The largest absolute Gasteiger partial charge is 0.378 e. The van der Waals surface area contributed by atoms with E-state index in [-0.39, 0.29) is 17.2 Å². The van der Waals surface area contributed by atoms with Gasteiger partial charge in [0.25, 0.3) is 5.91 Å². The van der Waals surface area contributed by atoms with Gasteiger partial charge < -0.3 is 10.2 Å². The topological polar surface area (TPSA) is 52.7 Å². The number of rotatable bonds is 6. The van der Waals surface area contributed by atoms with Crippen LogP contribution < -0.4 is 15.1 Å². The number of carbonyl (C=O) groups excluding carboxylic acids is 2. The van der Waals surface area contributed by atoms with Crippen LogP contribution in [0.3, 0.4) is 0 Å². The van der Waals surface area contributed by atoms with Crippen molar-refractivity contribution in [2.75, 3.05) is 35.0 Å². The quantitative estimate of drug-likeness (QED) is 0.556. The van der Waals surface area contributed by atoms with Gasteiger partial charge in [0.1, 0.15) is 5.37 Å². The number of nitrogens with one attached hydrogen (secondary N) is 1. The molecule has 0 radical (unpaired) electrons. The molecule has 0 bridgehead atoms. The van der Waals surface area contributed by atoms with E-state index in [2.05, 4.69) is 12.2 Å². The van der Waals surface area contributed by atoms with Crippen molar-refractivity contribution < 1.29 is 9.59 Å². The fourth-order valence-electron chi connectivity index (χ4n) is 3.69. The average Bonchev–Trinajstić information content (AvgIpc) is 3.21. The molecule has 1 N–H and O–H groups in total. The lowest BCUT2D eigenvalue weighted by Gasteiger charge is -2.25. The summed E-state index contributed by atoms with van der Waals surface area (Å²) < 4.78 is 0. The summed E-state index contributed by atoms with van der Waals surface area (Å²) in [4.78, 5) is 29.1. The highest BCUT2D eigenvalue weighted by Gasteiger charge is 2.34. The van der Waals surface area contributed by atoms with Crippen LogP contribution in [0.2, 0.25) is 0 Å². The summed E-state index contributed by atoms with van der Waals surface area (Å²) in [6, 6.07) is 23.4. The van der Waals surface area contributed by atoms with Gasteiger partial charge in [-0.2, -0.15) is 0 Å². The molecule has 1 saturated heterocycles. The molecule has 164 valence electrons. The lowest BCUT2D eigenvalue weighted by Crippen LogP contribution is -2.27. The van der Waals surface area contributed by atoms with Crippen molar-refractivity contribution in [2.24, 2.45) is 0 Å². The lowest BCUT2D eigenvalue weighted by atomic mass is 10.1. The summed E-state index contributed by atoms with van der Waals surface area (Å²) in [6.07, 6.45) is 0.946. The minimum atomic E-state index is -0.131. The van der Waals surface area contributed by atoms with Gasteiger partial charge in [-0.3, -0.25) is 14.5 Å². The van der Waals surface area contributed by atoms with E-state index in [1.165, 1.54) is 5.56 Å². The minimum Gasteiger partial charge on any atom is -0.378 e. The van der Waals surface area contributed by atoms with Crippen molar-refractivity contribution in [1.29, 1.82) is 0 Å². The van der Waals surface area contributed by atoms with Crippen molar-refractivity contribution in [2.45, 2.75) is 18.7 Å². The average molecular weight is 446 g/mol. The second-order valence-electron chi connectivity index (χ2n) is 7.96. The summed E-state index contributed by atoms with van der Waals surface area (Å²) in [5.41, 5.74) is 5.58. The van der Waals surface area contributed by atoms with E-state index in [1.54, 1.807) is 11.8 Å². The Labute approximate surface area is 193 Å². The van der Waals surface area contributed by atoms with Gasteiger partial charge in [-0.1, -0.05) is 31.2 Å². The fourth-order valence-corrected chi connectivity index (χ4v) is 4.86. The van der Waals surface area contributed by atoms with Gasteiger partial charge in [0.15, 0.2) is 0 Å². The molecule has 3 aromatic carbocycles. The molecule has 2 amide bonds. The van der Waals surface area contributed by atoms with E-state index in [0.717, 1.165) is 29.0 Å². The van der Waals surface area contributed by atoms with Gasteiger partial charge in [0.05, 0.1) is 5.75 Å². The van der Waals surface area contributed by atoms with E-state index >= 15 is 0 Å². The first-order valence-electron chi connectivity index (χ1n) is 10.7. The Morgan fingerprint density at radius 2 is 1.66 bits per heavy atom. The molecule has 1 aliphatic heterocycles. The predicted octanol–water partition coefficient (Wildman–Crippen LogP) is 5.35. The normalized spacial score (nSPS) is 15.7. The number of amides is 2. The number of benzene rings is 3. The standard InChI is InChI=1S/C26H27N3O2S/c1-4-18-5-7-19(8-6-18)25(31)27-21-11-9-20(10-12-21)26-29(24(30)17-32-26)23-15-13-22(14-16-23)28(2)3/h5-16,26H,4,17H2,1-3H3,(H,27,31)/t26-/m1/s1. The van der Waals surface area contributed by atoms with Crippen molar-refractivity contribution in [1.82, 2.24) is 0 Å². The van der Waals surface area contributed by atoms with Crippen LogP contribution in [-0.2, 0) is 11.2 Å². The first-order chi connectivity index (χ1) is 15.5. The molecule has 0 aliphatic carbocycles. The number of anilines is 3. The Balaban J connectivity index is 1.48. The highest BCUT2D eigenvalue weighted by atomic mass is 32.2. The Kier molecular flexibility index (Phi) is 6.51. The molecule has 0 aromatic heterocycles. The summed E-state index contributed by atoms with van der Waals surface area (Å²) in [5.74, 6) is 0.422. The van der Waals surface area contributed by atoms with E-state index in [9.17, 15) is 9.59 Å². The summed E-state index contributed by atoms with van der Waals surface area (Å²) >= 11 is 1.62. The van der Waals surface area contributed by atoms with Crippen LogP contribution in [0.25, 0.3) is 0 Å². The first-order valence-corrected chi connectivity index (χ1v) is 11.7. The van der Waals surface area contributed by atoms with Gasteiger partial charge in [0, 0.05) is 36.7 Å². The SMILES string of the molecule is CCc1ccc(C(=O)Nc2ccc([C@H]3SCC(=O)N3c3ccc(N(C)C)cc3)cc2)cc1. The first kappa shape index (κ1) is 22.0. The summed E-state index contributed by atoms with van der Waals surface area (Å²) in [7, 11) is 3.99.